The highest BCUT2D eigenvalue weighted by atomic mass is 16.4. The van der Waals surface area contributed by atoms with Crippen molar-refractivity contribution in [3.05, 3.63) is 0 Å². The fraction of sp³-hybridized carbons (Fsp3) is 0.846. The minimum atomic E-state index is -0.975. The number of hydrogen-bond donors (Lipinski definition) is 2. The Morgan fingerprint density at radius 3 is 2.50 bits per heavy atom. The Morgan fingerprint density at radius 2 is 2.00 bits per heavy atom. The lowest BCUT2D eigenvalue weighted by Crippen LogP contribution is -2.49. The molecule has 3 atom stereocenters. The van der Waals surface area contributed by atoms with Crippen LogP contribution in [0.3, 0.4) is 0 Å². The van der Waals surface area contributed by atoms with E-state index in [4.69, 9.17) is 5.11 Å². The van der Waals surface area contributed by atoms with Crippen LogP contribution in [-0.4, -0.2) is 41.1 Å². The van der Waals surface area contributed by atoms with Gasteiger partial charge in [0.1, 0.15) is 6.54 Å². The number of nitrogens with zero attached hydrogens (tertiary/aromatic N) is 1. The number of hydrogen-bond acceptors (Lipinski definition) is 2. The quantitative estimate of drug-likeness (QED) is 0.807. The van der Waals surface area contributed by atoms with Gasteiger partial charge in [-0.25, -0.2) is 4.79 Å². The summed E-state index contributed by atoms with van der Waals surface area (Å²) in [5.41, 5.74) is 0. The summed E-state index contributed by atoms with van der Waals surface area (Å²) in [6, 6.07) is -0.0807. The van der Waals surface area contributed by atoms with Gasteiger partial charge in [-0.05, 0) is 38.0 Å². The van der Waals surface area contributed by atoms with E-state index in [0.29, 0.717) is 12.5 Å². The zero-order valence-electron chi connectivity index (χ0n) is 11.5. The van der Waals surface area contributed by atoms with E-state index in [1.54, 1.807) is 6.92 Å². The van der Waals surface area contributed by atoms with E-state index >= 15 is 0 Å². The van der Waals surface area contributed by atoms with Crippen LogP contribution in [0.15, 0.2) is 0 Å². The second-order valence-corrected chi connectivity index (χ2v) is 5.36. The lowest BCUT2D eigenvalue weighted by molar-refractivity contribution is -0.137. The zero-order chi connectivity index (χ0) is 13.7. The minimum absolute atomic E-state index is 0.177. The summed E-state index contributed by atoms with van der Waals surface area (Å²) in [7, 11) is 0. The molecule has 1 saturated carbocycles. The Kier molecular flexibility index (Phi) is 5.44. The fourth-order valence-corrected chi connectivity index (χ4v) is 2.62. The van der Waals surface area contributed by atoms with Crippen molar-refractivity contribution in [2.45, 2.75) is 46.1 Å². The van der Waals surface area contributed by atoms with E-state index < -0.39 is 5.97 Å². The third-order valence-electron chi connectivity index (χ3n) is 3.74. The molecule has 0 radical (unpaired) electrons. The van der Waals surface area contributed by atoms with E-state index in [-0.39, 0.29) is 18.6 Å². The summed E-state index contributed by atoms with van der Waals surface area (Å²) >= 11 is 0. The Balaban J connectivity index is 2.49. The molecule has 18 heavy (non-hydrogen) atoms. The van der Waals surface area contributed by atoms with Crippen LogP contribution < -0.4 is 5.32 Å². The largest absolute Gasteiger partial charge is 0.480 e. The third kappa shape index (κ3) is 4.20. The summed E-state index contributed by atoms with van der Waals surface area (Å²) in [5, 5.41) is 11.7. The Labute approximate surface area is 109 Å². The molecule has 5 nitrogen and oxygen atoms in total. The summed E-state index contributed by atoms with van der Waals surface area (Å²) < 4.78 is 0. The highest BCUT2D eigenvalue weighted by Crippen LogP contribution is 2.28. The van der Waals surface area contributed by atoms with Gasteiger partial charge in [0.15, 0.2) is 0 Å². The molecule has 2 amide bonds. The molecule has 3 unspecified atom stereocenters. The molecule has 1 aliphatic rings. The maximum Gasteiger partial charge on any atom is 0.323 e. The first-order valence-electron chi connectivity index (χ1n) is 6.71. The van der Waals surface area contributed by atoms with Gasteiger partial charge in [-0.2, -0.15) is 0 Å². The highest BCUT2D eigenvalue weighted by molar-refractivity contribution is 5.80. The van der Waals surface area contributed by atoms with Crippen LogP contribution in [0.25, 0.3) is 0 Å². The van der Waals surface area contributed by atoms with Crippen molar-refractivity contribution >= 4 is 12.0 Å². The highest BCUT2D eigenvalue weighted by Gasteiger charge is 2.28. The van der Waals surface area contributed by atoms with Gasteiger partial charge in [-0.1, -0.05) is 13.8 Å². The van der Waals surface area contributed by atoms with Crippen molar-refractivity contribution in [1.82, 2.24) is 10.2 Å². The predicted molar refractivity (Wildman–Crippen MR) is 69.4 cm³/mol. The molecule has 0 aliphatic heterocycles. The summed E-state index contributed by atoms with van der Waals surface area (Å²) in [6.45, 7) is 6.34. The van der Waals surface area contributed by atoms with Crippen molar-refractivity contribution in [3.63, 3.8) is 0 Å². The number of nitrogens with one attached hydrogen (secondary N) is 1. The molecule has 0 aromatic carbocycles. The van der Waals surface area contributed by atoms with Gasteiger partial charge < -0.3 is 15.3 Å². The maximum atomic E-state index is 12.0. The lowest BCUT2D eigenvalue weighted by Gasteiger charge is -2.34. The van der Waals surface area contributed by atoms with E-state index in [9.17, 15) is 9.59 Å². The minimum Gasteiger partial charge on any atom is -0.480 e. The average Bonchev–Trinajstić information content (AvgIpc) is 2.29. The van der Waals surface area contributed by atoms with Gasteiger partial charge in [-0.15, -0.1) is 0 Å². The second-order valence-electron chi connectivity index (χ2n) is 5.36. The summed E-state index contributed by atoms with van der Waals surface area (Å²) in [5.74, 6) is 0.202. The standard InChI is InChI=1S/C13H24N2O3/c1-4-15(8-12(16)17)13(18)14-11-6-5-9(2)7-10(11)3/h9-11H,4-8H2,1-3H3,(H,14,18)(H,16,17). The number of carbonyl (C=O) groups is 2. The number of amides is 2. The number of likely N-dealkylation sites (N-methyl/N-ethyl adjacent to an activating group) is 1. The van der Waals surface area contributed by atoms with Gasteiger partial charge >= 0.3 is 12.0 Å². The monoisotopic (exact) mass is 256 g/mol. The van der Waals surface area contributed by atoms with Crippen molar-refractivity contribution < 1.29 is 14.7 Å². The predicted octanol–water partition coefficient (Wildman–Crippen LogP) is 1.93. The number of urea groups is 1. The van der Waals surface area contributed by atoms with E-state index in [1.807, 2.05) is 0 Å². The van der Waals surface area contributed by atoms with Crippen LogP contribution in [0.1, 0.15) is 40.0 Å². The van der Waals surface area contributed by atoms with Gasteiger partial charge in [0.05, 0.1) is 0 Å². The van der Waals surface area contributed by atoms with E-state index in [2.05, 4.69) is 19.2 Å². The molecule has 0 bridgehead atoms. The summed E-state index contributed by atoms with van der Waals surface area (Å²) in [4.78, 5) is 23.9. The van der Waals surface area contributed by atoms with Crippen LogP contribution in [-0.2, 0) is 4.79 Å². The number of carbonyl (C=O) groups excluding carboxylic acids is 1. The van der Waals surface area contributed by atoms with Gasteiger partial charge in [0, 0.05) is 12.6 Å². The molecule has 0 aromatic heterocycles. The molecule has 0 spiro atoms. The van der Waals surface area contributed by atoms with Crippen LogP contribution in [0.4, 0.5) is 4.79 Å². The molecule has 0 aromatic rings. The number of rotatable bonds is 4. The first-order valence-corrected chi connectivity index (χ1v) is 6.71. The van der Waals surface area contributed by atoms with Gasteiger partial charge in [0.25, 0.3) is 0 Å². The maximum absolute atomic E-state index is 12.0. The van der Waals surface area contributed by atoms with Crippen LogP contribution >= 0.6 is 0 Å². The van der Waals surface area contributed by atoms with E-state index in [1.165, 1.54) is 4.90 Å². The van der Waals surface area contributed by atoms with Gasteiger partial charge in [0.2, 0.25) is 0 Å². The molecule has 1 aliphatic carbocycles. The zero-order valence-corrected chi connectivity index (χ0v) is 11.5. The molecular weight excluding hydrogens is 232 g/mol. The van der Waals surface area contributed by atoms with Crippen LogP contribution in [0, 0.1) is 11.8 Å². The molecular formula is C13H24N2O3. The van der Waals surface area contributed by atoms with E-state index in [0.717, 1.165) is 25.2 Å². The lowest BCUT2D eigenvalue weighted by atomic mass is 9.80. The Morgan fingerprint density at radius 1 is 1.33 bits per heavy atom. The first-order chi connectivity index (χ1) is 8.43. The average molecular weight is 256 g/mol. The first kappa shape index (κ1) is 14.8. The normalized spacial score (nSPS) is 27.6. The number of carboxylic acid groups (broad SMARTS) is 1. The summed E-state index contributed by atoms with van der Waals surface area (Å²) in [6.07, 6.45) is 3.23. The number of aliphatic carboxylic acids is 1. The molecule has 0 saturated heterocycles. The molecule has 5 heteroatoms. The Bertz CT molecular complexity index is 307. The molecule has 1 fully saturated rings. The molecule has 1 rings (SSSR count). The van der Waals surface area contributed by atoms with Crippen LogP contribution in [0.5, 0.6) is 0 Å². The fourth-order valence-electron chi connectivity index (χ4n) is 2.62. The topological polar surface area (TPSA) is 69.6 Å². The van der Waals surface area contributed by atoms with Crippen molar-refractivity contribution in [1.29, 1.82) is 0 Å². The van der Waals surface area contributed by atoms with Gasteiger partial charge in [-0.3, -0.25) is 4.79 Å². The second kappa shape index (κ2) is 6.61. The van der Waals surface area contributed by atoms with Crippen molar-refractivity contribution in [3.8, 4) is 0 Å². The molecule has 0 heterocycles. The number of carboxylic acids is 1. The molecule has 104 valence electrons. The SMILES string of the molecule is CCN(CC(=O)O)C(=O)NC1CCC(C)CC1C. The van der Waals surface area contributed by atoms with Crippen molar-refractivity contribution in [2.24, 2.45) is 11.8 Å². The smallest absolute Gasteiger partial charge is 0.323 e. The van der Waals surface area contributed by atoms with Crippen LogP contribution in [0.2, 0.25) is 0 Å². The Hall–Kier alpha value is -1.26. The van der Waals surface area contributed by atoms with Crippen molar-refractivity contribution in [2.75, 3.05) is 13.1 Å². The molecule has 2 N–H and O–H groups in total. The third-order valence-corrected chi connectivity index (χ3v) is 3.74.